The zero-order valence-corrected chi connectivity index (χ0v) is 9.55. The molecule has 0 saturated carbocycles. The minimum absolute atomic E-state index is 0.0563. The van der Waals surface area contributed by atoms with Crippen molar-refractivity contribution in [2.24, 2.45) is 0 Å². The highest BCUT2D eigenvalue weighted by molar-refractivity contribution is 7.11. The topological polar surface area (TPSA) is 62.2 Å². The van der Waals surface area contributed by atoms with E-state index < -0.39 is 0 Å². The third-order valence-corrected chi connectivity index (χ3v) is 2.94. The number of hydrogen-bond donors (Lipinski definition) is 2. The summed E-state index contributed by atoms with van der Waals surface area (Å²) in [4.78, 5) is 16.0. The molecule has 0 atom stereocenters. The molecule has 1 heterocycles. The Bertz CT molecular complexity index is 514. The lowest BCUT2D eigenvalue weighted by Crippen LogP contribution is -2.10. The van der Waals surface area contributed by atoms with Crippen molar-refractivity contribution >= 4 is 34.5 Å². The van der Waals surface area contributed by atoms with E-state index in [9.17, 15) is 4.79 Å². The summed E-state index contributed by atoms with van der Waals surface area (Å²) in [7, 11) is 0. The van der Waals surface area contributed by atoms with E-state index in [2.05, 4.69) is 10.3 Å². The van der Waals surface area contributed by atoms with E-state index in [4.69, 9.17) is 16.7 Å². The number of benzene rings is 1. The van der Waals surface area contributed by atoms with Crippen LogP contribution in [-0.2, 0) is 0 Å². The van der Waals surface area contributed by atoms with Crippen LogP contribution in [0.5, 0.6) is 5.75 Å². The molecule has 2 aromatic rings. The fourth-order valence-corrected chi connectivity index (χ4v) is 1.85. The van der Waals surface area contributed by atoms with Crippen molar-refractivity contribution in [3.8, 4) is 5.75 Å². The molecule has 1 aromatic carbocycles. The Morgan fingerprint density at radius 2 is 2.31 bits per heavy atom. The van der Waals surface area contributed by atoms with Gasteiger partial charge in [-0.05, 0) is 12.1 Å². The van der Waals surface area contributed by atoms with Crippen LogP contribution in [0.3, 0.4) is 0 Å². The number of carbonyl (C=O) groups excluding carboxylic acids is 1. The Morgan fingerprint density at radius 1 is 1.50 bits per heavy atom. The maximum absolute atomic E-state index is 11.7. The number of aromatic nitrogens is 1. The highest BCUT2D eigenvalue weighted by Gasteiger charge is 2.09. The summed E-state index contributed by atoms with van der Waals surface area (Å²) >= 11 is 7.09. The van der Waals surface area contributed by atoms with Crippen molar-refractivity contribution in [3.05, 3.63) is 39.8 Å². The summed E-state index contributed by atoms with van der Waals surface area (Å²) in [5.74, 6) is -0.212. The Morgan fingerprint density at radius 3 is 2.94 bits per heavy atom. The molecule has 0 aliphatic carbocycles. The summed E-state index contributed by atoms with van der Waals surface area (Å²) < 4.78 is 0. The first-order valence-electron chi connectivity index (χ1n) is 4.35. The van der Waals surface area contributed by atoms with Gasteiger partial charge in [-0.25, -0.2) is 0 Å². The standard InChI is InChI=1S/C10H7ClN2O2S/c11-7-3-6(14)1-2-8(7)13-10(15)9-4-12-5-16-9/h1-5,14H,(H,13,15). The summed E-state index contributed by atoms with van der Waals surface area (Å²) in [5.41, 5.74) is 2.03. The Hall–Kier alpha value is -1.59. The molecule has 6 heteroatoms. The number of thiazole rings is 1. The minimum atomic E-state index is -0.268. The Balaban J connectivity index is 2.18. The SMILES string of the molecule is O=C(Nc1ccc(O)cc1Cl)c1cncs1. The quantitative estimate of drug-likeness (QED) is 0.810. The van der Waals surface area contributed by atoms with E-state index in [1.807, 2.05) is 0 Å². The van der Waals surface area contributed by atoms with E-state index in [1.165, 1.54) is 35.7 Å². The first-order chi connectivity index (χ1) is 7.66. The normalized spacial score (nSPS) is 10.1. The number of carbonyl (C=O) groups is 1. The van der Waals surface area contributed by atoms with Gasteiger partial charge in [0.15, 0.2) is 0 Å². The summed E-state index contributed by atoms with van der Waals surface area (Å²) in [6.07, 6.45) is 1.48. The molecule has 0 unspecified atom stereocenters. The Kier molecular flexibility index (Phi) is 3.07. The van der Waals surface area contributed by atoms with Crippen molar-refractivity contribution in [2.45, 2.75) is 0 Å². The molecule has 2 rings (SSSR count). The second-order valence-corrected chi connectivity index (χ2v) is 4.28. The number of aromatic hydroxyl groups is 1. The maximum Gasteiger partial charge on any atom is 0.267 e. The molecule has 4 nitrogen and oxygen atoms in total. The van der Waals surface area contributed by atoms with Crippen LogP contribution < -0.4 is 5.32 Å². The molecule has 2 N–H and O–H groups in total. The number of phenols is 1. The minimum Gasteiger partial charge on any atom is -0.508 e. The van der Waals surface area contributed by atoms with Crippen molar-refractivity contribution in [2.75, 3.05) is 5.32 Å². The zero-order valence-electron chi connectivity index (χ0n) is 7.98. The van der Waals surface area contributed by atoms with Crippen LogP contribution in [0, 0.1) is 0 Å². The van der Waals surface area contributed by atoms with Crippen LogP contribution in [0.25, 0.3) is 0 Å². The first kappa shape index (κ1) is 10.9. The van der Waals surface area contributed by atoms with Gasteiger partial charge in [0, 0.05) is 6.07 Å². The third-order valence-electron chi connectivity index (χ3n) is 1.86. The van der Waals surface area contributed by atoms with Crippen LogP contribution in [0.4, 0.5) is 5.69 Å². The number of amides is 1. The fourth-order valence-electron chi connectivity index (χ4n) is 1.12. The molecule has 0 aliphatic heterocycles. The van der Waals surface area contributed by atoms with E-state index >= 15 is 0 Å². The molecule has 16 heavy (non-hydrogen) atoms. The van der Waals surface area contributed by atoms with E-state index in [0.29, 0.717) is 10.6 Å². The largest absolute Gasteiger partial charge is 0.508 e. The van der Waals surface area contributed by atoms with Gasteiger partial charge in [0.1, 0.15) is 10.6 Å². The zero-order chi connectivity index (χ0) is 11.5. The lowest BCUT2D eigenvalue weighted by atomic mass is 10.3. The Labute approximate surface area is 101 Å². The molecule has 1 aromatic heterocycles. The maximum atomic E-state index is 11.7. The van der Waals surface area contributed by atoms with Crippen molar-refractivity contribution in [1.82, 2.24) is 4.98 Å². The summed E-state index contributed by atoms with van der Waals surface area (Å²) in [6, 6.07) is 4.36. The van der Waals surface area contributed by atoms with Crippen molar-refractivity contribution in [3.63, 3.8) is 0 Å². The molecular formula is C10H7ClN2O2S. The molecule has 0 saturated heterocycles. The average molecular weight is 255 g/mol. The third kappa shape index (κ3) is 2.32. The number of phenolic OH excluding ortho intramolecular Hbond substituents is 1. The van der Waals surface area contributed by atoms with Gasteiger partial charge >= 0.3 is 0 Å². The summed E-state index contributed by atoms with van der Waals surface area (Å²) in [6.45, 7) is 0. The number of hydrogen-bond acceptors (Lipinski definition) is 4. The number of halogens is 1. The number of nitrogens with zero attached hydrogens (tertiary/aromatic N) is 1. The van der Waals surface area contributed by atoms with Crippen LogP contribution in [0.1, 0.15) is 9.67 Å². The second kappa shape index (κ2) is 4.51. The fraction of sp³-hybridized carbons (Fsp3) is 0. The van der Waals surface area contributed by atoms with Gasteiger partial charge in [0.05, 0.1) is 22.4 Å². The summed E-state index contributed by atoms with van der Waals surface area (Å²) in [5, 5.41) is 12.1. The lowest BCUT2D eigenvalue weighted by Gasteiger charge is -2.05. The van der Waals surface area contributed by atoms with E-state index in [0.717, 1.165) is 0 Å². The van der Waals surface area contributed by atoms with Gasteiger partial charge in [-0.1, -0.05) is 11.6 Å². The van der Waals surface area contributed by atoms with Gasteiger partial charge in [0.25, 0.3) is 5.91 Å². The lowest BCUT2D eigenvalue weighted by molar-refractivity contribution is 0.103. The molecular weight excluding hydrogens is 248 g/mol. The van der Waals surface area contributed by atoms with Crippen LogP contribution >= 0.6 is 22.9 Å². The molecule has 0 radical (unpaired) electrons. The molecule has 0 spiro atoms. The predicted octanol–water partition coefficient (Wildman–Crippen LogP) is 2.75. The average Bonchev–Trinajstić information content (AvgIpc) is 2.75. The van der Waals surface area contributed by atoms with Crippen LogP contribution in [0.2, 0.25) is 5.02 Å². The number of rotatable bonds is 2. The number of anilines is 1. The predicted molar refractivity (Wildman–Crippen MR) is 63.2 cm³/mol. The monoisotopic (exact) mass is 254 g/mol. The van der Waals surface area contributed by atoms with E-state index in [-0.39, 0.29) is 16.7 Å². The molecule has 82 valence electrons. The molecule has 0 aliphatic rings. The molecule has 1 amide bonds. The highest BCUT2D eigenvalue weighted by atomic mass is 35.5. The smallest absolute Gasteiger partial charge is 0.267 e. The van der Waals surface area contributed by atoms with Crippen LogP contribution in [0.15, 0.2) is 29.9 Å². The highest BCUT2D eigenvalue weighted by Crippen LogP contribution is 2.26. The second-order valence-electron chi connectivity index (χ2n) is 2.98. The van der Waals surface area contributed by atoms with Gasteiger partial charge in [-0.15, -0.1) is 11.3 Å². The van der Waals surface area contributed by atoms with Gasteiger partial charge < -0.3 is 10.4 Å². The van der Waals surface area contributed by atoms with Crippen molar-refractivity contribution < 1.29 is 9.90 Å². The number of nitrogens with one attached hydrogen (secondary N) is 1. The van der Waals surface area contributed by atoms with Gasteiger partial charge in [-0.3, -0.25) is 9.78 Å². The molecule has 0 fully saturated rings. The van der Waals surface area contributed by atoms with Gasteiger partial charge in [-0.2, -0.15) is 0 Å². The first-order valence-corrected chi connectivity index (χ1v) is 5.61. The van der Waals surface area contributed by atoms with Gasteiger partial charge in [0.2, 0.25) is 0 Å². The van der Waals surface area contributed by atoms with E-state index in [1.54, 1.807) is 5.51 Å². The van der Waals surface area contributed by atoms with Crippen LogP contribution in [-0.4, -0.2) is 16.0 Å². The van der Waals surface area contributed by atoms with Crippen molar-refractivity contribution in [1.29, 1.82) is 0 Å². The molecule has 0 bridgehead atoms.